The first kappa shape index (κ1) is 14.4. The number of fused-ring (bicyclic) bond motifs is 4. The van der Waals surface area contributed by atoms with E-state index in [0.717, 1.165) is 19.4 Å². The zero-order valence-corrected chi connectivity index (χ0v) is 14.5. The van der Waals surface area contributed by atoms with E-state index in [1.54, 1.807) is 0 Å². The number of nitrogens with zero attached hydrogens (tertiary/aromatic N) is 2. The second kappa shape index (κ2) is 5.10. The van der Waals surface area contributed by atoms with Gasteiger partial charge in [0.05, 0.1) is 6.04 Å². The molecule has 130 valence electrons. The molecule has 25 heavy (non-hydrogen) atoms. The van der Waals surface area contributed by atoms with Gasteiger partial charge in [-0.15, -0.1) is 0 Å². The van der Waals surface area contributed by atoms with Gasteiger partial charge in [0, 0.05) is 47.7 Å². The minimum absolute atomic E-state index is 0.462. The maximum absolute atomic E-state index is 11.7. The first-order valence-electron chi connectivity index (χ1n) is 9.93. The Bertz CT molecular complexity index is 843. The van der Waals surface area contributed by atoms with Crippen molar-refractivity contribution in [2.24, 2.45) is 11.8 Å². The maximum Gasteiger partial charge on any atom is 0.209 e. The molecule has 4 nitrogen and oxygen atoms in total. The Morgan fingerprint density at radius 2 is 2.00 bits per heavy atom. The fraction of sp³-hybridized carbons (Fsp3) is 0.571. The lowest BCUT2D eigenvalue weighted by Crippen LogP contribution is -2.67. The van der Waals surface area contributed by atoms with Crippen molar-refractivity contribution in [1.29, 1.82) is 0 Å². The maximum atomic E-state index is 11.7. The smallest absolute Gasteiger partial charge is 0.209 e. The number of likely N-dealkylation sites (tertiary alicyclic amines) is 1. The van der Waals surface area contributed by atoms with Crippen LogP contribution in [-0.4, -0.2) is 46.4 Å². The number of benzene rings is 1. The minimum atomic E-state index is 0.462. The van der Waals surface area contributed by atoms with Gasteiger partial charge in [-0.1, -0.05) is 18.2 Å². The van der Waals surface area contributed by atoms with Gasteiger partial charge >= 0.3 is 0 Å². The number of carbonyl (C=O) groups is 1. The average Bonchev–Trinajstić information content (AvgIpc) is 3.06. The third kappa shape index (κ3) is 1.78. The third-order valence-electron chi connectivity index (χ3n) is 7.59. The summed E-state index contributed by atoms with van der Waals surface area (Å²) < 4.78 is 0. The van der Waals surface area contributed by atoms with Gasteiger partial charge in [0.1, 0.15) is 0 Å². The number of para-hydroxylation sites is 1. The Kier molecular flexibility index (Phi) is 2.93. The molecule has 1 saturated carbocycles. The molecular formula is C21H25N3O. The van der Waals surface area contributed by atoms with E-state index in [1.165, 1.54) is 54.4 Å². The Hall–Kier alpha value is -1.81. The van der Waals surface area contributed by atoms with Crippen LogP contribution in [-0.2, 0) is 11.2 Å². The van der Waals surface area contributed by atoms with Gasteiger partial charge in [0.2, 0.25) is 6.41 Å². The monoisotopic (exact) mass is 335 g/mol. The molecule has 1 amide bonds. The number of aromatic amines is 1. The largest absolute Gasteiger partial charge is 0.357 e. The summed E-state index contributed by atoms with van der Waals surface area (Å²) in [5.41, 5.74) is 4.27. The molecule has 2 bridgehead atoms. The van der Waals surface area contributed by atoms with Crippen LogP contribution in [0.15, 0.2) is 24.3 Å². The molecule has 4 heteroatoms. The van der Waals surface area contributed by atoms with E-state index in [9.17, 15) is 4.79 Å². The number of carbonyl (C=O) groups excluding carboxylic acids is 1. The molecule has 5 aliphatic rings. The first-order valence-corrected chi connectivity index (χ1v) is 9.93. The molecule has 0 spiro atoms. The molecule has 5 atom stereocenters. The number of nitrogens with one attached hydrogen (secondary N) is 1. The summed E-state index contributed by atoms with van der Waals surface area (Å²) in [6, 6.07) is 10.4. The van der Waals surface area contributed by atoms with E-state index in [2.05, 4.69) is 39.0 Å². The van der Waals surface area contributed by atoms with Gasteiger partial charge in [0.15, 0.2) is 0 Å². The summed E-state index contributed by atoms with van der Waals surface area (Å²) in [5, 5.41) is 1.41. The number of hydrogen-bond acceptors (Lipinski definition) is 2. The molecule has 3 saturated heterocycles. The Balaban J connectivity index is 1.50. The summed E-state index contributed by atoms with van der Waals surface area (Å²) in [7, 11) is 0. The molecule has 1 N–H and O–H groups in total. The van der Waals surface area contributed by atoms with Crippen LogP contribution in [0, 0.1) is 11.8 Å². The molecule has 0 radical (unpaired) electrons. The second-order valence-corrected chi connectivity index (χ2v) is 8.44. The van der Waals surface area contributed by atoms with E-state index in [0.29, 0.717) is 30.0 Å². The molecule has 4 fully saturated rings. The lowest BCUT2D eigenvalue weighted by molar-refractivity contribution is -0.149. The fourth-order valence-corrected chi connectivity index (χ4v) is 6.81. The van der Waals surface area contributed by atoms with Crippen molar-refractivity contribution < 1.29 is 4.79 Å². The van der Waals surface area contributed by atoms with Gasteiger partial charge in [-0.05, 0) is 49.7 Å². The van der Waals surface area contributed by atoms with Crippen molar-refractivity contribution in [1.82, 2.24) is 14.8 Å². The van der Waals surface area contributed by atoms with Gasteiger partial charge in [0.25, 0.3) is 0 Å². The van der Waals surface area contributed by atoms with E-state index in [1.807, 2.05) is 0 Å². The average molecular weight is 335 g/mol. The van der Waals surface area contributed by atoms with Crippen LogP contribution in [0.5, 0.6) is 0 Å². The summed E-state index contributed by atoms with van der Waals surface area (Å²) in [5.74, 6) is 1.28. The van der Waals surface area contributed by atoms with Crippen molar-refractivity contribution in [3.8, 4) is 0 Å². The molecule has 2 aromatic rings. The van der Waals surface area contributed by atoms with Gasteiger partial charge in [-0.2, -0.15) is 0 Å². The molecule has 5 heterocycles. The third-order valence-corrected chi connectivity index (χ3v) is 7.59. The second-order valence-electron chi connectivity index (χ2n) is 8.44. The van der Waals surface area contributed by atoms with E-state index in [4.69, 9.17) is 0 Å². The predicted molar refractivity (Wildman–Crippen MR) is 97.2 cm³/mol. The molecule has 1 aromatic heterocycles. The van der Waals surface area contributed by atoms with Gasteiger partial charge < -0.3 is 9.88 Å². The highest BCUT2D eigenvalue weighted by molar-refractivity contribution is 5.85. The lowest BCUT2D eigenvalue weighted by Gasteiger charge is -2.63. The molecule has 7 rings (SSSR count). The highest BCUT2D eigenvalue weighted by atomic mass is 16.1. The Morgan fingerprint density at radius 1 is 1.08 bits per heavy atom. The number of amides is 1. The lowest BCUT2D eigenvalue weighted by atomic mass is 9.61. The van der Waals surface area contributed by atoms with Crippen molar-refractivity contribution in [3.63, 3.8) is 0 Å². The van der Waals surface area contributed by atoms with Crippen LogP contribution < -0.4 is 0 Å². The highest BCUT2D eigenvalue weighted by Gasteiger charge is 2.57. The summed E-state index contributed by atoms with van der Waals surface area (Å²) in [6.07, 6.45) is 7.37. The predicted octanol–water partition coefficient (Wildman–Crippen LogP) is 3.10. The Labute approximate surface area is 148 Å². The number of H-pyrrole nitrogens is 1. The van der Waals surface area contributed by atoms with Crippen LogP contribution in [0.2, 0.25) is 0 Å². The van der Waals surface area contributed by atoms with Crippen LogP contribution >= 0.6 is 0 Å². The van der Waals surface area contributed by atoms with Crippen molar-refractivity contribution in [2.75, 3.05) is 13.1 Å². The zero-order chi connectivity index (χ0) is 16.5. The SMILES string of the molecule is O=CN1CCC[C@H]2[C@@H]1[C@H]1CC[C@@H]2N2CCc3c([nH]c4ccccc34)[C@H]12. The van der Waals surface area contributed by atoms with E-state index >= 15 is 0 Å². The van der Waals surface area contributed by atoms with E-state index in [-0.39, 0.29) is 0 Å². The number of rotatable bonds is 1. The van der Waals surface area contributed by atoms with E-state index < -0.39 is 0 Å². The molecule has 4 aliphatic heterocycles. The normalized spacial score (nSPS) is 36.8. The highest BCUT2D eigenvalue weighted by Crippen LogP contribution is 2.55. The number of aromatic nitrogens is 1. The fourth-order valence-electron chi connectivity index (χ4n) is 6.81. The summed E-state index contributed by atoms with van der Waals surface area (Å²) in [4.78, 5) is 20.5. The Morgan fingerprint density at radius 3 is 2.92 bits per heavy atom. The molecule has 1 aromatic carbocycles. The van der Waals surface area contributed by atoms with Gasteiger partial charge in [-0.25, -0.2) is 0 Å². The summed E-state index contributed by atoms with van der Waals surface area (Å²) in [6.45, 7) is 2.14. The topological polar surface area (TPSA) is 39.3 Å². The van der Waals surface area contributed by atoms with Crippen molar-refractivity contribution in [3.05, 3.63) is 35.5 Å². The standard InChI is InChI=1S/C21H25N3O/c25-12-23-10-3-5-15-18-8-7-16(20(15)23)21-19-14(9-11-24(18)21)13-4-1-2-6-17(13)22-19/h1-2,4,6,12,15-16,18,20-22H,3,5,7-11H2/t15-,16-,18+,20-,21+/m1/s1. The van der Waals surface area contributed by atoms with Gasteiger partial charge in [-0.3, -0.25) is 9.69 Å². The zero-order valence-electron chi connectivity index (χ0n) is 14.5. The van der Waals surface area contributed by atoms with Crippen LogP contribution in [0.3, 0.4) is 0 Å². The quantitative estimate of drug-likeness (QED) is 0.814. The number of hydrogen-bond donors (Lipinski definition) is 1. The molecule has 0 unspecified atom stereocenters. The van der Waals surface area contributed by atoms with Crippen LogP contribution in [0.25, 0.3) is 10.9 Å². The minimum Gasteiger partial charge on any atom is -0.357 e. The van der Waals surface area contributed by atoms with Crippen molar-refractivity contribution in [2.45, 2.75) is 50.2 Å². The molecule has 1 aliphatic carbocycles. The summed E-state index contributed by atoms with van der Waals surface area (Å²) >= 11 is 0. The number of piperidine rings is 3. The first-order chi connectivity index (χ1) is 12.4. The van der Waals surface area contributed by atoms with Crippen molar-refractivity contribution >= 4 is 17.3 Å². The van der Waals surface area contributed by atoms with Crippen LogP contribution in [0.4, 0.5) is 0 Å². The molecular weight excluding hydrogens is 310 g/mol. The van der Waals surface area contributed by atoms with Crippen LogP contribution in [0.1, 0.15) is 43.0 Å².